The van der Waals surface area contributed by atoms with E-state index in [4.69, 9.17) is 4.98 Å². The molecule has 0 saturated carbocycles. The Morgan fingerprint density at radius 3 is 2.57 bits per heavy atom. The number of imidazole rings is 1. The summed E-state index contributed by atoms with van der Waals surface area (Å²) >= 11 is 0. The Bertz CT molecular complexity index is 838. The number of H-pyrrole nitrogens is 1. The van der Waals surface area contributed by atoms with Crippen molar-refractivity contribution in [2.45, 2.75) is 6.92 Å². The second-order valence-corrected chi connectivity index (χ2v) is 6.37. The topological polar surface area (TPSA) is 53.0 Å². The third-order valence-electron chi connectivity index (χ3n) is 4.69. The average molecular weight is 310 g/mol. The molecule has 0 radical (unpaired) electrons. The first-order chi connectivity index (χ1) is 11.1. The fourth-order valence-electron chi connectivity index (χ4n) is 3.25. The van der Waals surface area contributed by atoms with Crippen LogP contribution in [0.5, 0.6) is 0 Å². The van der Waals surface area contributed by atoms with E-state index in [0.717, 1.165) is 48.7 Å². The number of fused-ring (bicyclic) bond motifs is 1. The summed E-state index contributed by atoms with van der Waals surface area (Å²) in [6.45, 7) is 6.50. The van der Waals surface area contributed by atoms with E-state index in [-0.39, 0.29) is 0 Å². The van der Waals surface area contributed by atoms with Crippen molar-refractivity contribution in [2.75, 3.05) is 38.1 Å². The number of hydrogen-bond donors (Lipinski definition) is 1. The van der Waals surface area contributed by atoms with Crippen LogP contribution >= 0.6 is 0 Å². The summed E-state index contributed by atoms with van der Waals surface area (Å²) in [7, 11) is 4.12. The van der Waals surface area contributed by atoms with E-state index in [1.807, 2.05) is 17.8 Å². The Labute approximate surface area is 135 Å². The molecular formula is C17H22N6. The van der Waals surface area contributed by atoms with Crippen LogP contribution < -0.4 is 4.90 Å². The molecule has 1 fully saturated rings. The van der Waals surface area contributed by atoms with Crippen molar-refractivity contribution in [3.8, 4) is 11.5 Å². The van der Waals surface area contributed by atoms with E-state index >= 15 is 0 Å². The van der Waals surface area contributed by atoms with E-state index in [1.54, 1.807) is 6.20 Å². The van der Waals surface area contributed by atoms with Gasteiger partial charge in [-0.25, -0.2) is 4.98 Å². The Hall–Kier alpha value is -2.34. The highest BCUT2D eigenvalue weighted by molar-refractivity contribution is 5.85. The zero-order valence-electron chi connectivity index (χ0n) is 13.9. The van der Waals surface area contributed by atoms with Crippen LogP contribution in [0.15, 0.2) is 24.4 Å². The standard InChI is InChI=1S/C17H22N6/c1-12-10-13(23-8-6-21(2)7-9-23)11-14-16(12)20-17(19-14)15-4-5-18-22(15)3/h4-5,10-11H,6-9H2,1-3H3,(H,19,20). The zero-order chi connectivity index (χ0) is 16.0. The third kappa shape index (κ3) is 2.49. The quantitative estimate of drug-likeness (QED) is 0.787. The largest absolute Gasteiger partial charge is 0.369 e. The fourth-order valence-corrected chi connectivity index (χ4v) is 3.25. The number of likely N-dealkylation sites (N-methyl/N-ethyl adjacent to an activating group) is 1. The maximum Gasteiger partial charge on any atom is 0.156 e. The number of aromatic amines is 1. The third-order valence-corrected chi connectivity index (χ3v) is 4.69. The molecule has 120 valence electrons. The zero-order valence-corrected chi connectivity index (χ0v) is 13.9. The first-order valence-electron chi connectivity index (χ1n) is 8.04. The number of nitrogens with one attached hydrogen (secondary N) is 1. The summed E-state index contributed by atoms with van der Waals surface area (Å²) in [4.78, 5) is 13.1. The summed E-state index contributed by atoms with van der Waals surface area (Å²) in [5.74, 6) is 0.874. The molecule has 3 heterocycles. The van der Waals surface area contributed by atoms with E-state index in [0.29, 0.717) is 0 Å². The molecule has 0 unspecified atom stereocenters. The van der Waals surface area contributed by atoms with Gasteiger partial charge in [0.05, 0.1) is 11.0 Å². The minimum absolute atomic E-state index is 0.874. The maximum atomic E-state index is 4.77. The lowest BCUT2D eigenvalue weighted by molar-refractivity contribution is 0.313. The van der Waals surface area contributed by atoms with Gasteiger partial charge in [-0.3, -0.25) is 4.68 Å². The van der Waals surface area contributed by atoms with E-state index in [1.165, 1.54) is 11.3 Å². The molecule has 1 aliphatic rings. The molecule has 2 aromatic heterocycles. The van der Waals surface area contributed by atoms with Crippen molar-refractivity contribution < 1.29 is 0 Å². The number of piperazine rings is 1. The second-order valence-electron chi connectivity index (χ2n) is 6.37. The van der Waals surface area contributed by atoms with Crippen LogP contribution in [0.3, 0.4) is 0 Å². The highest BCUT2D eigenvalue weighted by Gasteiger charge is 2.17. The van der Waals surface area contributed by atoms with Crippen LogP contribution in [0.1, 0.15) is 5.56 Å². The van der Waals surface area contributed by atoms with Gasteiger partial charge >= 0.3 is 0 Å². The van der Waals surface area contributed by atoms with Crippen LogP contribution in [0.2, 0.25) is 0 Å². The van der Waals surface area contributed by atoms with Crippen LogP contribution in [-0.4, -0.2) is 57.9 Å². The molecule has 0 atom stereocenters. The normalized spacial score (nSPS) is 16.4. The molecular weight excluding hydrogens is 288 g/mol. The predicted octanol–water partition coefficient (Wildman–Crippen LogP) is 2.02. The van der Waals surface area contributed by atoms with Gasteiger partial charge in [0, 0.05) is 45.1 Å². The van der Waals surface area contributed by atoms with Gasteiger partial charge < -0.3 is 14.8 Å². The minimum Gasteiger partial charge on any atom is -0.369 e. The fraction of sp³-hybridized carbons (Fsp3) is 0.412. The lowest BCUT2D eigenvalue weighted by Crippen LogP contribution is -2.44. The second kappa shape index (κ2) is 5.38. The van der Waals surface area contributed by atoms with Crippen molar-refractivity contribution in [3.63, 3.8) is 0 Å². The van der Waals surface area contributed by atoms with Crippen molar-refractivity contribution in [2.24, 2.45) is 7.05 Å². The van der Waals surface area contributed by atoms with E-state index in [2.05, 4.69) is 46.0 Å². The van der Waals surface area contributed by atoms with Crippen molar-refractivity contribution in [1.82, 2.24) is 24.6 Å². The first kappa shape index (κ1) is 14.3. The van der Waals surface area contributed by atoms with Gasteiger partial charge in [-0.05, 0) is 37.7 Å². The maximum absolute atomic E-state index is 4.77. The van der Waals surface area contributed by atoms with Crippen molar-refractivity contribution in [1.29, 1.82) is 0 Å². The highest BCUT2D eigenvalue weighted by atomic mass is 15.3. The molecule has 3 aromatic rings. The van der Waals surface area contributed by atoms with Gasteiger partial charge in [0.2, 0.25) is 0 Å². The Kier molecular flexibility index (Phi) is 3.34. The number of nitrogens with zero attached hydrogens (tertiary/aromatic N) is 5. The van der Waals surface area contributed by atoms with Crippen LogP contribution in [0, 0.1) is 6.92 Å². The predicted molar refractivity (Wildman–Crippen MR) is 92.7 cm³/mol. The lowest BCUT2D eigenvalue weighted by atomic mass is 10.1. The van der Waals surface area contributed by atoms with Crippen LogP contribution in [0.4, 0.5) is 5.69 Å². The Morgan fingerprint density at radius 2 is 1.87 bits per heavy atom. The molecule has 1 aliphatic heterocycles. The van der Waals surface area contributed by atoms with Crippen LogP contribution in [0.25, 0.3) is 22.6 Å². The smallest absolute Gasteiger partial charge is 0.156 e. The minimum atomic E-state index is 0.874. The molecule has 0 bridgehead atoms. The highest BCUT2D eigenvalue weighted by Crippen LogP contribution is 2.27. The van der Waals surface area contributed by atoms with E-state index in [9.17, 15) is 0 Å². The molecule has 0 spiro atoms. The van der Waals surface area contributed by atoms with Gasteiger partial charge in [0.1, 0.15) is 5.69 Å². The molecule has 1 saturated heterocycles. The summed E-state index contributed by atoms with van der Waals surface area (Å²) in [5, 5.41) is 4.23. The van der Waals surface area contributed by atoms with Gasteiger partial charge in [0.15, 0.2) is 5.82 Å². The van der Waals surface area contributed by atoms with Gasteiger partial charge in [0.25, 0.3) is 0 Å². The number of hydrogen-bond acceptors (Lipinski definition) is 4. The SMILES string of the molecule is Cc1cc(N2CCN(C)CC2)cc2[nH]c(-c3ccnn3C)nc12. The van der Waals surface area contributed by atoms with Gasteiger partial charge in [-0.1, -0.05) is 0 Å². The molecule has 6 heteroatoms. The first-order valence-corrected chi connectivity index (χ1v) is 8.04. The van der Waals surface area contributed by atoms with Gasteiger partial charge in [-0.2, -0.15) is 5.10 Å². The number of aromatic nitrogens is 4. The van der Waals surface area contributed by atoms with E-state index < -0.39 is 0 Å². The van der Waals surface area contributed by atoms with Crippen molar-refractivity contribution >= 4 is 16.7 Å². The number of benzene rings is 1. The molecule has 1 aromatic carbocycles. The number of rotatable bonds is 2. The Morgan fingerprint density at radius 1 is 1.09 bits per heavy atom. The molecule has 6 nitrogen and oxygen atoms in total. The summed E-state index contributed by atoms with van der Waals surface area (Å²) in [6, 6.07) is 6.45. The lowest BCUT2D eigenvalue weighted by Gasteiger charge is -2.34. The summed E-state index contributed by atoms with van der Waals surface area (Å²) < 4.78 is 1.84. The van der Waals surface area contributed by atoms with Gasteiger partial charge in [-0.15, -0.1) is 0 Å². The molecule has 1 N–H and O–H groups in total. The molecule has 23 heavy (non-hydrogen) atoms. The number of aryl methyl sites for hydroxylation is 2. The average Bonchev–Trinajstić information content (AvgIpc) is 3.14. The van der Waals surface area contributed by atoms with Crippen molar-refractivity contribution in [3.05, 3.63) is 30.0 Å². The Balaban J connectivity index is 1.74. The molecule has 0 amide bonds. The number of anilines is 1. The summed E-state index contributed by atoms with van der Waals surface area (Å²) in [6.07, 6.45) is 1.80. The molecule has 4 rings (SSSR count). The van der Waals surface area contributed by atoms with Crippen LogP contribution in [-0.2, 0) is 7.05 Å². The molecule has 0 aliphatic carbocycles. The monoisotopic (exact) mass is 310 g/mol. The summed E-state index contributed by atoms with van der Waals surface area (Å²) in [5.41, 5.74) is 5.63.